The van der Waals surface area contributed by atoms with Gasteiger partial charge in [0.05, 0.1) is 13.5 Å². The van der Waals surface area contributed by atoms with Crippen LogP contribution in [0.4, 0.5) is 0 Å². The highest BCUT2D eigenvalue weighted by Crippen LogP contribution is 2.12. The molecule has 0 N–H and O–H groups in total. The summed E-state index contributed by atoms with van der Waals surface area (Å²) in [4.78, 5) is 34.0. The minimum atomic E-state index is -0.392. The molecule has 0 aliphatic rings. The van der Waals surface area contributed by atoms with Crippen molar-refractivity contribution in [3.05, 3.63) is 36.5 Å². The van der Waals surface area contributed by atoms with Crippen LogP contribution in [-0.2, 0) is 19.1 Å². The Balaban J connectivity index is 3.99. The number of unbranched alkanes of at least 4 members (excludes halogenated alkanes) is 1. The number of hydrogen-bond donors (Lipinski definition) is 0. The number of esters is 1. The van der Waals surface area contributed by atoms with Gasteiger partial charge in [0.2, 0.25) is 0 Å². The third-order valence-electron chi connectivity index (χ3n) is 3.30. The van der Waals surface area contributed by atoms with Crippen molar-refractivity contribution in [3.8, 4) is 0 Å². The van der Waals surface area contributed by atoms with E-state index < -0.39 is 5.97 Å². The van der Waals surface area contributed by atoms with E-state index in [9.17, 15) is 14.4 Å². The molecular formula is C19H28O4. The molecule has 0 heterocycles. The predicted octanol–water partition coefficient (Wildman–Crippen LogP) is 3.96. The number of hydrogen-bond acceptors (Lipinski definition) is 4. The first-order valence-electron chi connectivity index (χ1n) is 8.13. The van der Waals surface area contributed by atoms with Gasteiger partial charge in [-0.15, -0.1) is 0 Å². The van der Waals surface area contributed by atoms with E-state index in [0.717, 1.165) is 19.3 Å². The zero-order chi connectivity index (χ0) is 17.5. The Morgan fingerprint density at radius 2 is 1.57 bits per heavy atom. The third kappa shape index (κ3) is 13.4. The Morgan fingerprint density at radius 3 is 2.13 bits per heavy atom. The average Bonchev–Trinajstić information content (AvgIpc) is 2.53. The molecule has 4 heteroatoms. The Morgan fingerprint density at radius 1 is 0.957 bits per heavy atom. The Bertz CT molecular complexity index is 458. The van der Waals surface area contributed by atoms with E-state index in [2.05, 4.69) is 18.6 Å². The van der Waals surface area contributed by atoms with Crippen LogP contribution in [0, 0.1) is 5.92 Å². The van der Waals surface area contributed by atoms with Crippen molar-refractivity contribution in [3.63, 3.8) is 0 Å². The van der Waals surface area contributed by atoms with Crippen LogP contribution >= 0.6 is 0 Å². The molecule has 0 aromatic rings. The van der Waals surface area contributed by atoms with Crippen molar-refractivity contribution in [1.82, 2.24) is 0 Å². The number of carbonyl (C=O) groups is 3. The van der Waals surface area contributed by atoms with E-state index in [1.165, 1.54) is 13.2 Å². The van der Waals surface area contributed by atoms with Gasteiger partial charge in [0.25, 0.3) is 0 Å². The molecule has 128 valence electrons. The van der Waals surface area contributed by atoms with E-state index in [1.807, 2.05) is 0 Å². The molecule has 0 aliphatic heterocycles. The normalized spacial score (nSPS) is 13.0. The van der Waals surface area contributed by atoms with Gasteiger partial charge < -0.3 is 4.74 Å². The summed E-state index contributed by atoms with van der Waals surface area (Å²) < 4.78 is 4.46. The zero-order valence-electron chi connectivity index (χ0n) is 14.4. The van der Waals surface area contributed by atoms with Crippen molar-refractivity contribution in [1.29, 1.82) is 0 Å². The molecule has 4 nitrogen and oxygen atoms in total. The third-order valence-corrected chi connectivity index (χ3v) is 3.30. The molecule has 0 rings (SSSR count). The highest BCUT2D eigenvalue weighted by atomic mass is 16.5. The summed E-state index contributed by atoms with van der Waals surface area (Å²) in [5.41, 5.74) is 0. The van der Waals surface area contributed by atoms with E-state index in [4.69, 9.17) is 0 Å². The van der Waals surface area contributed by atoms with E-state index in [1.54, 1.807) is 30.4 Å². The van der Waals surface area contributed by atoms with E-state index in [-0.39, 0.29) is 24.4 Å². The fourth-order valence-electron chi connectivity index (χ4n) is 1.93. The minimum Gasteiger partial charge on any atom is -0.469 e. The van der Waals surface area contributed by atoms with Gasteiger partial charge in [-0.05, 0) is 18.1 Å². The van der Waals surface area contributed by atoms with Crippen LogP contribution in [0.2, 0.25) is 0 Å². The van der Waals surface area contributed by atoms with Crippen molar-refractivity contribution >= 4 is 17.5 Å². The zero-order valence-corrected chi connectivity index (χ0v) is 14.4. The lowest BCUT2D eigenvalue weighted by Crippen LogP contribution is -2.03. The molecule has 0 aromatic carbocycles. The lowest BCUT2D eigenvalue weighted by atomic mass is 9.98. The minimum absolute atomic E-state index is 0.0913. The van der Waals surface area contributed by atoms with Crippen LogP contribution in [-0.4, -0.2) is 24.6 Å². The van der Waals surface area contributed by atoms with Crippen molar-refractivity contribution < 1.29 is 19.1 Å². The average molecular weight is 320 g/mol. The second kappa shape index (κ2) is 13.7. The molecule has 1 atom stereocenters. The number of methoxy groups -OCH3 is 1. The first-order valence-corrected chi connectivity index (χ1v) is 8.13. The molecule has 0 aliphatic carbocycles. The molecule has 0 saturated heterocycles. The predicted molar refractivity (Wildman–Crippen MR) is 92.0 cm³/mol. The number of carbonyl (C=O) groups excluding carboxylic acids is 3. The van der Waals surface area contributed by atoms with Crippen LogP contribution in [0.5, 0.6) is 0 Å². The molecular weight excluding hydrogens is 292 g/mol. The standard InChI is InChI=1S/C19H28O4/c1-4-5-10-16(2)15-18(21)12-9-7-6-8-11-17(20)13-14-19(22)23-3/h6-9,11-12,16H,4-5,10,13-15H2,1-3H3/b7-6+,11-8+,12-9+. The van der Waals surface area contributed by atoms with Gasteiger partial charge in [0.15, 0.2) is 11.6 Å². The summed E-state index contributed by atoms with van der Waals surface area (Å²) in [6, 6.07) is 0. The second-order valence-corrected chi connectivity index (χ2v) is 5.56. The fraction of sp³-hybridized carbons (Fsp3) is 0.526. The van der Waals surface area contributed by atoms with Crippen molar-refractivity contribution in [2.45, 2.75) is 52.4 Å². The Hall–Kier alpha value is -1.97. The maximum absolute atomic E-state index is 11.7. The van der Waals surface area contributed by atoms with Crippen LogP contribution in [0.3, 0.4) is 0 Å². The summed E-state index contributed by atoms with van der Waals surface area (Å²) in [6.07, 6.45) is 13.8. The summed E-state index contributed by atoms with van der Waals surface area (Å²) in [6.45, 7) is 4.24. The SMILES string of the molecule is CCCCC(C)CC(=O)/C=C/C=C/C=C/C(=O)CCC(=O)OC. The van der Waals surface area contributed by atoms with E-state index in [0.29, 0.717) is 12.3 Å². The molecule has 1 unspecified atom stereocenters. The summed E-state index contributed by atoms with van der Waals surface area (Å²) in [5, 5.41) is 0. The highest BCUT2D eigenvalue weighted by molar-refractivity contribution is 5.92. The molecule has 0 saturated carbocycles. The van der Waals surface area contributed by atoms with Crippen LogP contribution in [0.25, 0.3) is 0 Å². The molecule has 0 aromatic heterocycles. The first kappa shape index (κ1) is 21.0. The van der Waals surface area contributed by atoms with E-state index >= 15 is 0 Å². The topological polar surface area (TPSA) is 60.4 Å². The van der Waals surface area contributed by atoms with Gasteiger partial charge in [-0.3, -0.25) is 14.4 Å². The van der Waals surface area contributed by atoms with Crippen molar-refractivity contribution in [2.75, 3.05) is 7.11 Å². The van der Waals surface area contributed by atoms with Gasteiger partial charge in [0, 0.05) is 12.8 Å². The smallest absolute Gasteiger partial charge is 0.305 e. The van der Waals surface area contributed by atoms with Gasteiger partial charge in [0.1, 0.15) is 0 Å². The van der Waals surface area contributed by atoms with Crippen LogP contribution < -0.4 is 0 Å². The maximum Gasteiger partial charge on any atom is 0.305 e. The highest BCUT2D eigenvalue weighted by Gasteiger charge is 2.05. The Kier molecular flexibility index (Phi) is 12.5. The largest absolute Gasteiger partial charge is 0.469 e. The molecule has 0 radical (unpaired) electrons. The summed E-state index contributed by atoms with van der Waals surface area (Å²) in [5.74, 6) is 0.0153. The quantitative estimate of drug-likeness (QED) is 0.310. The lowest BCUT2D eigenvalue weighted by molar-refractivity contribution is -0.141. The molecule has 0 amide bonds. The Labute approximate surface area is 139 Å². The fourth-order valence-corrected chi connectivity index (χ4v) is 1.93. The number of ketones is 2. The molecule has 0 fully saturated rings. The van der Waals surface area contributed by atoms with Gasteiger partial charge >= 0.3 is 5.97 Å². The second-order valence-electron chi connectivity index (χ2n) is 5.56. The van der Waals surface area contributed by atoms with Crippen molar-refractivity contribution in [2.24, 2.45) is 5.92 Å². The first-order chi connectivity index (χ1) is 11.0. The summed E-state index contributed by atoms with van der Waals surface area (Å²) in [7, 11) is 1.30. The molecule has 23 heavy (non-hydrogen) atoms. The van der Waals surface area contributed by atoms with Crippen LogP contribution in [0.15, 0.2) is 36.5 Å². The van der Waals surface area contributed by atoms with Crippen LogP contribution in [0.1, 0.15) is 52.4 Å². The lowest BCUT2D eigenvalue weighted by Gasteiger charge is -2.07. The number of rotatable bonds is 12. The van der Waals surface area contributed by atoms with Gasteiger partial charge in [-0.2, -0.15) is 0 Å². The van der Waals surface area contributed by atoms with Gasteiger partial charge in [-0.1, -0.05) is 57.4 Å². The monoisotopic (exact) mass is 320 g/mol. The summed E-state index contributed by atoms with van der Waals surface area (Å²) >= 11 is 0. The number of ether oxygens (including phenoxy) is 1. The van der Waals surface area contributed by atoms with Gasteiger partial charge in [-0.25, -0.2) is 0 Å². The maximum atomic E-state index is 11.7. The number of allylic oxidation sites excluding steroid dienone is 6. The molecule has 0 spiro atoms. The molecule has 0 bridgehead atoms.